The number of carbonyl (C=O) groups excluding carboxylic acids is 1. The van der Waals surface area contributed by atoms with E-state index in [0.717, 1.165) is 30.4 Å². The minimum Gasteiger partial charge on any atom is -0.356 e. The number of hydrogen-bond acceptors (Lipinski definition) is 1. The average Bonchev–Trinajstić information content (AvgIpc) is 2.41. The molecule has 1 amide bonds. The number of carbonyl (C=O) groups is 1. The molecule has 0 aliphatic carbocycles. The van der Waals surface area contributed by atoms with Gasteiger partial charge >= 0.3 is 0 Å². The van der Waals surface area contributed by atoms with Gasteiger partial charge in [-0.3, -0.25) is 4.79 Å². The van der Waals surface area contributed by atoms with Crippen LogP contribution < -0.4 is 5.32 Å². The summed E-state index contributed by atoms with van der Waals surface area (Å²) >= 11 is 0. The zero-order valence-corrected chi connectivity index (χ0v) is 15.0. The molecule has 0 spiro atoms. The van der Waals surface area contributed by atoms with Crippen molar-refractivity contribution >= 4 is 5.91 Å². The van der Waals surface area contributed by atoms with Gasteiger partial charge in [0, 0.05) is 19.4 Å². The van der Waals surface area contributed by atoms with Crippen molar-refractivity contribution in [2.24, 2.45) is 0 Å². The van der Waals surface area contributed by atoms with Crippen LogP contribution in [0.3, 0.4) is 0 Å². The Morgan fingerprint density at radius 2 is 1.32 bits per heavy atom. The first-order chi connectivity index (χ1) is 9.95. The molecule has 0 heterocycles. The smallest absolute Gasteiger partial charge is 0.219 e. The molecule has 0 atom stereocenters. The summed E-state index contributed by atoms with van der Waals surface area (Å²) in [5.74, 6) is 0.236. The highest BCUT2D eigenvalue weighted by molar-refractivity contribution is 5.75. The first kappa shape index (κ1) is 23.7. The topological polar surface area (TPSA) is 29.1 Å². The van der Waals surface area contributed by atoms with E-state index < -0.39 is 0 Å². The number of rotatable bonds is 14. The van der Waals surface area contributed by atoms with Gasteiger partial charge in [-0.25, -0.2) is 0 Å². The molecule has 0 radical (unpaired) electrons. The van der Waals surface area contributed by atoms with Gasteiger partial charge in [-0.1, -0.05) is 65.7 Å². The van der Waals surface area contributed by atoms with E-state index in [9.17, 15) is 4.79 Å². The van der Waals surface area contributed by atoms with Crippen LogP contribution in [0, 0.1) is 0 Å². The largest absolute Gasteiger partial charge is 0.356 e. The standard InChI is InChI=1S/C18H38N2O.CH4/c1-5-6-7-8-9-10-11-12-13-15-18(21)19-16-14-17-20(2,3)4;/h5-17H2,1-4H3;1H4/p+1. The van der Waals surface area contributed by atoms with Crippen molar-refractivity contribution in [2.75, 3.05) is 34.2 Å². The SMILES string of the molecule is C.CCCCCCCCCCCC(=O)NCCC[N+](C)(C)C. The molecule has 3 nitrogen and oxygen atoms in total. The highest BCUT2D eigenvalue weighted by Crippen LogP contribution is 2.10. The average molecular weight is 316 g/mol. The van der Waals surface area contributed by atoms with E-state index in [-0.39, 0.29) is 13.3 Å². The number of nitrogens with one attached hydrogen (secondary N) is 1. The molecule has 22 heavy (non-hydrogen) atoms. The molecule has 0 aliphatic heterocycles. The van der Waals surface area contributed by atoms with Crippen LogP contribution in [0.25, 0.3) is 0 Å². The lowest BCUT2D eigenvalue weighted by Gasteiger charge is -2.23. The molecule has 0 unspecified atom stereocenters. The van der Waals surface area contributed by atoms with Gasteiger partial charge in [0.25, 0.3) is 0 Å². The Kier molecular flexibility index (Phi) is 16.5. The van der Waals surface area contributed by atoms with Crippen LogP contribution in [0.15, 0.2) is 0 Å². The van der Waals surface area contributed by atoms with Gasteiger partial charge in [-0.05, 0) is 6.42 Å². The summed E-state index contributed by atoms with van der Waals surface area (Å²) in [7, 11) is 6.55. The third-order valence-electron chi connectivity index (χ3n) is 3.84. The van der Waals surface area contributed by atoms with Crippen molar-refractivity contribution in [1.29, 1.82) is 0 Å². The fraction of sp³-hybridized carbons (Fsp3) is 0.947. The van der Waals surface area contributed by atoms with Crippen molar-refractivity contribution in [3.63, 3.8) is 0 Å². The number of hydrogen-bond donors (Lipinski definition) is 1. The summed E-state index contributed by atoms with van der Waals surface area (Å²) in [6, 6.07) is 0. The maximum Gasteiger partial charge on any atom is 0.219 e. The second kappa shape index (κ2) is 15.3. The van der Waals surface area contributed by atoms with Gasteiger partial charge in [0.1, 0.15) is 0 Å². The molecule has 0 aromatic carbocycles. The number of nitrogens with zero attached hydrogens (tertiary/aromatic N) is 1. The summed E-state index contributed by atoms with van der Waals surface area (Å²) < 4.78 is 0.966. The Bertz CT molecular complexity index is 246. The monoisotopic (exact) mass is 315 g/mol. The summed E-state index contributed by atoms with van der Waals surface area (Å²) in [5, 5.41) is 3.03. The van der Waals surface area contributed by atoms with E-state index in [2.05, 4.69) is 33.4 Å². The molecule has 0 aromatic rings. The normalized spacial score (nSPS) is 11.1. The first-order valence-electron chi connectivity index (χ1n) is 9.03. The van der Waals surface area contributed by atoms with Crippen molar-refractivity contribution in [1.82, 2.24) is 5.32 Å². The molecule has 0 rings (SSSR count). The Morgan fingerprint density at radius 3 is 1.82 bits per heavy atom. The molecule has 1 N–H and O–H groups in total. The quantitative estimate of drug-likeness (QED) is 0.363. The van der Waals surface area contributed by atoms with Crippen molar-refractivity contribution < 1.29 is 9.28 Å². The van der Waals surface area contributed by atoms with E-state index in [4.69, 9.17) is 0 Å². The Hall–Kier alpha value is -0.570. The maximum atomic E-state index is 11.7. The molecule has 0 aliphatic rings. The van der Waals surface area contributed by atoms with Crippen LogP contribution >= 0.6 is 0 Å². The molecule has 0 saturated carbocycles. The molecule has 3 heteroatoms. The van der Waals surface area contributed by atoms with Crippen molar-refractivity contribution in [2.45, 2.75) is 85.0 Å². The van der Waals surface area contributed by atoms with Crippen LogP contribution in [0.1, 0.15) is 85.0 Å². The lowest BCUT2D eigenvalue weighted by molar-refractivity contribution is -0.870. The molecular formula is C19H43N2O+. The Labute approximate surface area is 140 Å². The maximum absolute atomic E-state index is 11.7. The van der Waals surface area contributed by atoms with Crippen molar-refractivity contribution in [3.8, 4) is 0 Å². The van der Waals surface area contributed by atoms with Crippen LogP contribution in [0.5, 0.6) is 0 Å². The van der Waals surface area contributed by atoms with E-state index in [1.54, 1.807) is 0 Å². The van der Waals surface area contributed by atoms with Crippen LogP contribution in [-0.4, -0.2) is 44.6 Å². The van der Waals surface area contributed by atoms with Crippen LogP contribution in [0.2, 0.25) is 0 Å². The first-order valence-corrected chi connectivity index (χ1v) is 9.03. The fourth-order valence-electron chi connectivity index (χ4n) is 2.47. The molecule has 0 bridgehead atoms. The Balaban J connectivity index is 0. The molecule has 0 fully saturated rings. The zero-order valence-electron chi connectivity index (χ0n) is 15.0. The lowest BCUT2D eigenvalue weighted by atomic mass is 10.1. The van der Waals surface area contributed by atoms with Gasteiger partial charge in [0.2, 0.25) is 5.91 Å². The summed E-state index contributed by atoms with van der Waals surface area (Å²) in [4.78, 5) is 11.7. The number of quaternary nitrogens is 1. The lowest BCUT2D eigenvalue weighted by Crippen LogP contribution is -2.37. The number of amides is 1. The third kappa shape index (κ3) is 19.4. The van der Waals surface area contributed by atoms with Gasteiger partial charge < -0.3 is 9.80 Å². The zero-order chi connectivity index (χ0) is 16.0. The summed E-state index contributed by atoms with van der Waals surface area (Å²) in [6.07, 6.45) is 13.5. The minimum absolute atomic E-state index is 0. The predicted molar refractivity (Wildman–Crippen MR) is 99.1 cm³/mol. The van der Waals surface area contributed by atoms with Gasteiger partial charge in [0.15, 0.2) is 0 Å². The summed E-state index contributed by atoms with van der Waals surface area (Å²) in [6.45, 7) is 4.19. The van der Waals surface area contributed by atoms with Gasteiger partial charge in [-0.15, -0.1) is 0 Å². The second-order valence-corrected chi connectivity index (χ2v) is 7.30. The highest BCUT2D eigenvalue weighted by atomic mass is 16.1. The predicted octanol–water partition coefficient (Wildman–Crippen LogP) is 4.76. The summed E-state index contributed by atoms with van der Waals surface area (Å²) in [5.41, 5.74) is 0. The van der Waals surface area contributed by atoms with Crippen LogP contribution in [-0.2, 0) is 4.79 Å². The van der Waals surface area contributed by atoms with E-state index >= 15 is 0 Å². The fourth-order valence-corrected chi connectivity index (χ4v) is 2.47. The Morgan fingerprint density at radius 1 is 0.818 bits per heavy atom. The molecular weight excluding hydrogens is 272 g/mol. The van der Waals surface area contributed by atoms with Gasteiger partial charge in [0.05, 0.1) is 27.7 Å². The molecule has 0 aromatic heterocycles. The van der Waals surface area contributed by atoms with E-state index in [1.165, 1.54) is 51.4 Å². The van der Waals surface area contributed by atoms with Crippen LogP contribution in [0.4, 0.5) is 0 Å². The third-order valence-corrected chi connectivity index (χ3v) is 3.84. The minimum atomic E-state index is 0. The highest BCUT2D eigenvalue weighted by Gasteiger charge is 2.06. The van der Waals surface area contributed by atoms with E-state index in [0.29, 0.717) is 6.42 Å². The molecule has 134 valence electrons. The second-order valence-electron chi connectivity index (χ2n) is 7.30. The van der Waals surface area contributed by atoms with Gasteiger partial charge in [-0.2, -0.15) is 0 Å². The van der Waals surface area contributed by atoms with E-state index in [1.807, 2.05) is 0 Å². The van der Waals surface area contributed by atoms with Crippen molar-refractivity contribution in [3.05, 3.63) is 0 Å². The molecule has 0 saturated heterocycles. The number of unbranched alkanes of at least 4 members (excludes halogenated alkanes) is 8.